The molecule has 0 N–H and O–H groups in total. The molecule has 5 rings (SSSR count). The van der Waals surface area contributed by atoms with Crippen molar-refractivity contribution in [2.24, 2.45) is 5.41 Å². The number of halogens is 1. The molecule has 198 valence electrons. The third-order valence-corrected chi connectivity index (χ3v) is 7.20. The maximum atomic E-state index is 15.7. The first-order valence-corrected chi connectivity index (χ1v) is 13.6. The SMILES string of the molecule is Cc1cc(-c2ccc(CC(C)(C)C)cc2)cc(F)c1-c1cc(-c2cc(C(C)(C)C)c3ccccc3c2)ncn1. The van der Waals surface area contributed by atoms with Crippen molar-refractivity contribution in [1.82, 2.24) is 9.97 Å². The average molecular weight is 517 g/mol. The highest BCUT2D eigenvalue weighted by Crippen LogP contribution is 2.36. The van der Waals surface area contributed by atoms with Crippen LogP contribution in [0.4, 0.5) is 4.39 Å². The predicted molar refractivity (Wildman–Crippen MR) is 162 cm³/mol. The molecule has 3 heteroatoms. The Kier molecular flexibility index (Phi) is 6.88. The molecule has 39 heavy (non-hydrogen) atoms. The number of rotatable bonds is 4. The lowest BCUT2D eigenvalue weighted by atomic mass is 9.82. The first-order chi connectivity index (χ1) is 18.4. The number of fused-ring (bicyclic) bond motifs is 1. The Hall–Kier alpha value is -3.85. The maximum Gasteiger partial charge on any atom is 0.133 e. The van der Waals surface area contributed by atoms with Gasteiger partial charge in [-0.05, 0) is 87.0 Å². The molecule has 0 aliphatic rings. The molecule has 0 unspecified atom stereocenters. The van der Waals surface area contributed by atoms with Crippen LogP contribution < -0.4 is 0 Å². The summed E-state index contributed by atoms with van der Waals surface area (Å²) in [4.78, 5) is 9.08. The predicted octanol–water partition coefficient (Wildman–Crippen LogP) is 9.96. The van der Waals surface area contributed by atoms with Gasteiger partial charge in [0.05, 0.1) is 11.4 Å². The Morgan fingerprint density at radius 2 is 1.38 bits per heavy atom. The van der Waals surface area contributed by atoms with Gasteiger partial charge in [0.2, 0.25) is 0 Å². The van der Waals surface area contributed by atoms with Gasteiger partial charge in [0.25, 0.3) is 0 Å². The third-order valence-electron chi connectivity index (χ3n) is 7.20. The summed E-state index contributed by atoms with van der Waals surface area (Å²) in [7, 11) is 0. The highest BCUT2D eigenvalue weighted by atomic mass is 19.1. The summed E-state index contributed by atoms with van der Waals surface area (Å²) in [6.45, 7) is 15.3. The molecule has 0 aliphatic carbocycles. The maximum absolute atomic E-state index is 15.7. The zero-order valence-corrected chi connectivity index (χ0v) is 24.1. The second-order valence-corrected chi connectivity index (χ2v) is 12.9. The molecular formula is C36H37FN2. The van der Waals surface area contributed by atoms with Crippen LogP contribution in [0.15, 0.2) is 85.2 Å². The van der Waals surface area contributed by atoms with Gasteiger partial charge in [-0.15, -0.1) is 0 Å². The van der Waals surface area contributed by atoms with Gasteiger partial charge in [0.1, 0.15) is 12.1 Å². The lowest BCUT2D eigenvalue weighted by Gasteiger charge is -2.22. The van der Waals surface area contributed by atoms with Gasteiger partial charge in [0, 0.05) is 11.1 Å². The summed E-state index contributed by atoms with van der Waals surface area (Å²) < 4.78 is 15.7. The van der Waals surface area contributed by atoms with E-state index in [1.807, 2.05) is 19.1 Å². The second-order valence-electron chi connectivity index (χ2n) is 12.9. The van der Waals surface area contributed by atoms with Crippen LogP contribution in [-0.4, -0.2) is 9.97 Å². The van der Waals surface area contributed by atoms with E-state index in [1.165, 1.54) is 28.2 Å². The molecule has 0 aliphatic heterocycles. The van der Waals surface area contributed by atoms with Crippen LogP contribution in [-0.2, 0) is 11.8 Å². The van der Waals surface area contributed by atoms with Crippen molar-refractivity contribution in [3.63, 3.8) is 0 Å². The van der Waals surface area contributed by atoms with Crippen LogP contribution in [0.5, 0.6) is 0 Å². The minimum atomic E-state index is -0.276. The minimum Gasteiger partial charge on any atom is -0.236 e. The van der Waals surface area contributed by atoms with Crippen LogP contribution in [0.1, 0.15) is 58.2 Å². The molecule has 0 amide bonds. The molecule has 0 saturated carbocycles. The van der Waals surface area contributed by atoms with Gasteiger partial charge in [-0.2, -0.15) is 0 Å². The van der Waals surface area contributed by atoms with Crippen molar-refractivity contribution in [3.05, 3.63) is 108 Å². The van der Waals surface area contributed by atoms with Crippen LogP contribution in [0, 0.1) is 18.2 Å². The molecule has 0 atom stereocenters. The summed E-state index contributed by atoms with van der Waals surface area (Å²) in [6.07, 6.45) is 2.54. The Balaban J connectivity index is 1.53. The lowest BCUT2D eigenvalue weighted by molar-refractivity contribution is 0.411. The van der Waals surface area contributed by atoms with E-state index in [2.05, 4.69) is 112 Å². The van der Waals surface area contributed by atoms with Gasteiger partial charge in [-0.25, -0.2) is 14.4 Å². The normalized spacial score (nSPS) is 12.2. The quantitative estimate of drug-likeness (QED) is 0.237. The van der Waals surface area contributed by atoms with Crippen LogP contribution in [0.3, 0.4) is 0 Å². The van der Waals surface area contributed by atoms with Gasteiger partial charge in [0.15, 0.2) is 0 Å². The zero-order valence-electron chi connectivity index (χ0n) is 24.1. The van der Waals surface area contributed by atoms with Crippen molar-refractivity contribution in [2.45, 2.75) is 60.3 Å². The van der Waals surface area contributed by atoms with Crippen molar-refractivity contribution >= 4 is 10.8 Å². The third kappa shape index (κ3) is 5.78. The Morgan fingerprint density at radius 3 is 2.05 bits per heavy atom. The van der Waals surface area contributed by atoms with E-state index >= 15 is 4.39 Å². The van der Waals surface area contributed by atoms with E-state index in [-0.39, 0.29) is 16.6 Å². The fourth-order valence-corrected chi connectivity index (χ4v) is 5.39. The summed E-state index contributed by atoms with van der Waals surface area (Å²) >= 11 is 0. The second kappa shape index (κ2) is 10.0. The molecule has 1 heterocycles. The zero-order chi connectivity index (χ0) is 27.9. The lowest BCUT2D eigenvalue weighted by Crippen LogP contribution is -2.12. The van der Waals surface area contributed by atoms with Crippen LogP contribution in [0.2, 0.25) is 0 Å². The molecule has 4 aromatic carbocycles. The number of hydrogen-bond donors (Lipinski definition) is 0. The monoisotopic (exact) mass is 516 g/mol. The van der Waals surface area contributed by atoms with Gasteiger partial charge >= 0.3 is 0 Å². The van der Waals surface area contributed by atoms with Crippen LogP contribution >= 0.6 is 0 Å². The van der Waals surface area contributed by atoms with Gasteiger partial charge in [-0.3, -0.25) is 0 Å². The number of hydrogen-bond acceptors (Lipinski definition) is 2. The number of benzene rings is 4. The number of nitrogens with zero attached hydrogens (tertiary/aromatic N) is 2. The largest absolute Gasteiger partial charge is 0.236 e. The Morgan fingerprint density at radius 1 is 0.692 bits per heavy atom. The fourth-order valence-electron chi connectivity index (χ4n) is 5.39. The molecule has 0 radical (unpaired) electrons. The van der Waals surface area contributed by atoms with E-state index in [9.17, 15) is 0 Å². The topological polar surface area (TPSA) is 25.8 Å². The molecule has 0 fully saturated rings. The van der Waals surface area contributed by atoms with Crippen LogP contribution in [0.25, 0.3) is 44.4 Å². The Bertz CT molecular complexity index is 1630. The molecule has 2 nitrogen and oxygen atoms in total. The smallest absolute Gasteiger partial charge is 0.133 e. The van der Waals surface area contributed by atoms with E-state index in [1.54, 1.807) is 6.07 Å². The van der Waals surface area contributed by atoms with E-state index in [0.717, 1.165) is 34.4 Å². The van der Waals surface area contributed by atoms with Crippen molar-refractivity contribution in [1.29, 1.82) is 0 Å². The molecule has 1 aromatic heterocycles. The highest BCUT2D eigenvalue weighted by molar-refractivity contribution is 5.91. The first kappa shape index (κ1) is 26.7. The summed E-state index contributed by atoms with van der Waals surface area (Å²) in [5.41, 5.74) is 8.37. The summed E-state index contributed by atoms with van der Waals surface area (Å²) in [5.74, 6) is -0.276. The average Bonchev–Trinajstić information content (AvgIpc) is 2.87. The molecule has 0 saturated heterocycles. The highest BCUT2D eigenvalue weighted by Gasteiger charge is 2.20. The first-order valence-electron chi connectivity index (χ1n) is 13.6. The van der Waals surface area contributed by atoms with Gasteiger partial charge in [-0.1, -0.05) is 96.1 Å². The number of aromatic nitrogens is 2. The number of aryl methyl sites for hydroxylation is 1. The summed E-state index contributed by atoms with van der Waals surface area (Å²) in [6, 6.07) is 26.9. The molecular weight excluding hydrogens is 479 g/mol. The van der Waals surface area contributed by atoms with E-state index in [4.69, 9.17) is 0 Å². The Labute approximate surface area is 232 Å². The molecule has 5 aromatic rings. The van der Waals surface area contributed by atoms with Crippen molar-refractivity contribution < 1.29 is 4.39 Å². The molecule has 0 bridgehead atoms. The van der Waals surface area contributed by atoms with E-state index < -0.39 is 0 Å². The summed E-state index contributed by atoms with van der Waals surface area (Å²) in [5, 5.41) is 2.41. The van der Waals surface area contributed by atoms with E-state index in [0.29, 0.717) is 11.3 Å². The molecule has 0 spiro atoms. The standard InChI is InChI=1S/C36H37FN2/c1-23-16-27(25-14-12-24(13-15-25)21-35(2,3)4)19-31(37)34(23)33-20-32(38-22-39-33)28-17-26-10-8-9-11-29(26)30(18-28)36(5,6)7/h8-20,22H,21H2,1-7H3. The minimum absolute atomic E-state index is 0.0328. The van der Waals surface area contributed by atoms with Crippen molar-refractivity contribution in [2.75, 3.05) is 0 Å². The van der Waals surface area contributed by atoms with Gasteiger partial charge < -0.3 is 0 Å². The fraction of sp³-hybridized carbons (Fsp3) is 0.278. The van der Waals surface area contributed by atoms with Crippen molar-refractivity contribution in [3.8, 4) is 33.6 Å².